The smallest absolute Gasteiger partial charge is 0.282 e. The van der Waals surface area contributed by atoms with Crippen LogP contribution in [0.25, 0.3) is 0 Å². The lowest BCUT2D eigenvalue weighted by Crippen LogP contribution is -2.54. The lowest BCUT2D eigenvalue weighted by molar-refractivity contribution is 0.179. The van der Waals surface area contributed by atoms with Crippen LogP contribution in [0, 0.1) is 17.7 Å². The van der Waals surface area contributed by atoms with Crippen LogP contribution >= 0.6 is 0 Å². The number of piperazine rings is 1. The molecule has 0 aromatic heterocycles. The molecule has 2 aromatic rings. The molecule has 0 radical (unpaired) electrons. The Balaban J connectivity index is 1.35. The number of anilines is 2. The van der Waals surface area contributed by atoms with Gasteiger partial charge in [-0.1, -0.05) is 26.2 Å². The average Bonchev–Trinajstić information content (AvgIpc) is 3.10. The highest BCUT2D eigenvalue weighted by Crippen LogP contribution is 2.31. The van der Waals surface area contributed by atoms with Crippen LogP contribution in [-0.2, 0) is 20.2 Å². The second-order valence-corrected chi connectivity index (χ2v) is 18.3. The molecule has 1 aliphatic carbocycles. The molecule has 14 heteroatoms. The summed E-state index contributed by atoms with van der Waals surface area (Å²) in [5.74, 6) is 0.560. The van der Waals surface area contributed by atoms with Gasteiger partial charge in [-0.3, -0.25) is 0 Å². The third kappa shape index (κ3) is 9.68. The molecule has 0 amide bonds. The van der Waals surface area contributed by atoms with Crippen LogP contribution in [0.4, 0.5) is 15.8 Å². The zero-order valence-corrected chi connectivity index (χ0v) is 32.0. The second-order valence-electron chi connectivity index (χ2n) is 14.4. The van der Waals surface area contributed by atoms with Crippen LogP contribution in [0.2, 0.25) is 0 Å². The first-order valence-electron chi connectivity index (χ1n) is 18.2. The van der Waals surface area contributed by atoms with Crippen molar-refractivity contribution in [1.29, 1.82) is 0 Å². The third-order valence-electron chi connectivity index (χ3n) is 10.4. The fourth-order valence-corrected chi connectivity index (χ4v) is 11.0. The summed E-state index contributed by atoms with van der Waals surface area (Å²) in [4.78, 5) is 6.58. The van der Waals surface area contributed by atoms with Gasteiger partial charge in [0.25, 0.3) is 10.2 Å². The molecule has 0 unspecified atom stereocenters. The molecule has 2 aromatic carbocycles. The Morgan fingerprint density at radius 3 is 2.00 bits per heavy atom. The van der Waals surface area contributed by atoms with Gasteiger partial charge < -0.3 is 19.4 Å². The van der Waals surface area contributed by atoms with E-state index in [1.807, 2.05) is 43.0 Å². The van der Waals surface area contributed by atoms with Gasteiger partial charge in [-0.25, -0.2) is 12.8 Å². The van der Waals surface area contributed by atoms with Crippen molar-refractivity contribution in [2.45, 2.75) is 56.8 Å². The molecule has 11 nitrogen and oxygen atoms in total. The van der Waals surface area contributed by atoms with E-state index in [-0.39, 0.29) is 42.8 Å². The van der Waals surface area contributed by atoms with Gasteiger partial charge in [0, 0.05) is 84.8 Å². The molecule has 3 fully saturated rings. The summed E-state index contributed by atoms with van der Waals surface area (Å²) in [5, 5.41) is 0. The van der Waals surface area contributed by atoms with E-state index in [0.29, 0.717) is 50.0 Å². The van der Waals surface area contributed by atoms with Gasteiger partial charge in [0.2, 0.25) is 10.0 Å². The SMILES string of the molecule is COc1ccc(F)cc1N1CCN(S(=O)(=O)N2CCCN(CC3CCCCC3)CCCN(S(=O)(=O)c3ccc(N(C)C)cc3)C[C@H](C)C2)CC1. The molecule has 2 saturated heterocycles. The number of benzene rings is 2. The molecule has 0 N–H and O–H groups in total. The quantitative estimate of drug-likeness (QED) is 0.370. The minimum Gasteiger partial charge on any atom is -0.495 e. The molecular formula is C36H57FN6O5S2. The highest BCUT2D eigenvalue weighted by molar-refractivity contribution is 7.89. The summed E-state index contributed by atoms with van der Waals surface area (Å²) in [5.41, 5.74) is 1.53. The summed E-state index contributed by atoms with van der Waals surface area (Å²) in [6, 6.07) is 11.3. The summed E-state index contributed by atoms with van der Waals surface area (Å²) < 4.78 is 81.0. The van der Waals surface area contributed by atoms with Gasteiger partial charge >= 0.3 is 0 Å². The summed E-state index contributed by atoms with van der Waals surface area (Å²) in [7, 11) is -2.29. The fourth-order valence-electron chi connectivity index (χ4n) is 7.63. The minimum absolute atomic E-state index is 0.217. The lowest BCUT2D eigenvalue weighted by atomic mass is 9.89. The van der Waals surface area contributed by atoms with Crippen LogP contribution in [0.5, 0.6) is 5.75 Å². The van der Waals surface area contributed by atoms with Crippen LogP contribution in [0.1, 0.15) is 51.9 Å². The number of nitrogens with zero attached hydrogens (tertiary/aromatic N) is 6. The maximum absolute atomic E-state index is 14.3. The van der Waals surface area contributed by atoms with E-state index in [0.717, 1.165) is 31.7 Å². The van der Waals surface area contributed by atoms with Gasteiger partial charge in [-0.15, -0.1) is 0 Å². The number of rotatable bonds is 9. The van der Waals surface area contributed by atoms with E-state index in [4.69, 9.17) is 4.74 Å². The molecule has 0 bridgehead atoms. The van der Waals surface area contributed by atoms with Crippen LogP contribution in [-0.4, -0.2) is 128 Å². The monoisotopic (exact) mass is 736 g/mol. The first kappa shape index (κ1) is 38.7. The van der Waals surface area contributed by atoms with E-state index in [2.05, 4.69) is 4.90 Å². The van der Waals surface area contributed by atoms with Gasteiger partial charge in [-0.05, 0) is 87.0 Å². The number of sulfonamides is 1. The number of methoxy groups -OCH3 is 1. The molecule has 2 heterocycles. The van der Waals surface area contributed by atoms with Crippen LogP contribution in [0.3, 0.4) is 0 Å². The summed E-state index contributed by atoms with van der Waals surface area (Å²) in [6.45, 7) is 6.93. The van der Waals surface area contributed by atoms with Gasteiger partial charge in [0.05, 0.1) is 17.7 Å². The van der Waals surface area contributed by atoms with Crippen molar-refractivity contribution in [2.75, 3.05) is 103 Å². The van der Waals surface area contributed by atoms with E-state index in [1.54, 1.807) is 33.9 Å². The van der Waals surface area contributed by atoms with Gasteiger partial charge in [-0.2, -0.15) is 21.3 Å². The summed E-state index contributed by atoms with van der Waals surface area (Å²) in [6.07, 6.45) is 7.64. The Labute approximate surface area is 300 Å². The molecule has 2 aliphatic heterocycles. The molecule has 50 heavy (non-hydrogen) atoms. The van der Waals surface area contributed by atoms with Crippen molar-refractivity contribution >= 4 is 31.6 Å². The Bertz CT molecular complexity index is 1600. The molecule has 1 atom stereocenters. The lowest BCUT2D eigenvalue weighted by Gasteiger charge is -2.39. The second kappa shape index (κ2) is 17.4. The number of halogens is 1. The fraction of sp³-hybridized carbons (Fsp3) is 0.667. The number of hydrogen-bond acceptors (Lipinski definition) is 8. The zero-order chi connectivity index (χ0) is 35.9. The average molecular weight is 737 g/mol. The van der Waals surface area contributed by atoms with Crippen LogP contribution < -0.4 is 14.5 Å². The Kier molecular flexibility index (Phi) is 13.4. The predicted octanol–water partition coefficient (Wildman–Crippen LogP) is 4.57. The standard InChI is InChI=1S/C36H57FN6O5S2/c1-30-27-42(49(44,45)34-15-13-33(14-16-34)38(2)3)20-8-18-39(29-31-10-6-5-7-11-31)19-9-21-43(28-30)50(46,47)41-24-22-40(23-25-41)35-26-32(37)12-17-36(35)48-4/h12-17,26,30-31H,5-11,18-25,27-29H2,1-4H3/t30-/m0/s1. The minimum atomic E-state index is -3.86. The Morgan fingerprint density at radius 2 is 1.38 bits per heavy atom. The predicted molar refractivity (Wildman–Crippen MR) is 198 cm³/mol. The Hall–Kier alpha value is -2.49. The highest BCUT2D eigenvalue weighted by Gasteiger charge is 2.35. The number of ether oxygens (including phenoxy) is 1. The van der Waals surface area contributed by atoms with E-state index in [1.165, 1.54) is 48.5 Å². The van der Waals surface area contributed by atoms with Gasteiger partial charge in [0.15, 0.2) is 0 Å². The van der Waals surface area contributed by atoms with E-state index < -0.39 is 20.2 Å². The maximum Gasteiger partial charge on any atom is 0.282 e. The molecule has 5 rings (SSSR count). The van der Waals surface area contributed by atoms with Crippen molar-refractivity contribution in [2.24, 2.45) is 11.8 Å². The molecule has 1 saturated carbocycles. The summed E-state index contributed by atoms with van der Waals surface area (Å²) >= 11 is 0. The van der Waals surface area contributed by atoms with Crippen LogP contribution in [0.15, 0.2) is 47.4 Å². The van der Waals surface area contributed by atoms with Gasteiger partial charge in [0.1, 0.15) is 11.6 Å². The highest BCUT2D eigenvalue weighted by atomic mass is 32.2. The zero-order valence-electron chi connectivity index (χ0n) is 30.3. The van der Waals surface area contributed by atoms with Crippen molar-refractivity contribution in [3.8, 4) is 5.75 Å². The Morgan fingerprint density at radius 1 is 0.760 bits per heavy atom. The normalized spacial score (nSPS) is 22.5. The van der Waals surface area contributed by atoms with Crippen molar-refractivity contribution in [3.63, 3.8) is 0 Å². The first-order chi connectivity index (χ1) is 23.9. The van der Waals surface area contributed by atoms with E-state index >= 15 is 0 Å². The van der Waals surface area contributed by atoms with Crippen molar-refractivity contribution in [1.82, 2.24) is 17.8 Å². The molecule has 0 spiro atoms. The topological polar surface area (TPSA) is 97.0 Å². The first-order valence-corrected chi connectivity index (χ1v) is 21.1. The third-order valence-corrected chi connectivity index (χ3v) is 14.3. The maximum atomic E-state index is 14.3. The van der Waals surface area contributed by atoms with Crippen molar-refractivity contribution < 1.29 is 26.0 Å². The van der Waals surface area contributed by atoms with Crippen molar-refractivity contribution in [3.05, 3.63) is 48.3 Å². The molecular weight excluding hydrogens is 680 g/mol. The number of hydrogen-bond donors (Lipinski definition) is 0. The molecule has 280 valence electrons. The largest absolute Gasteiger partial charge is 0.495 e. The van der Waals surface area contributed by atoms with E-state index in [9.17, 15) is 21.2 Å². The molecule has 3 aliphatic rings.